The molecule has 0 aliphatic heterocycles. The molecule has 0 atom stereocenters. The number of carbonyl (C=O) groups excluding carboxylic acids is 1. The molecular weight excluding hydrogens is 299 g/mol. The SMILES string of the molecule is O=[C]c1cccc(-c2ccc(I)cc2)c1. The van der Waals surface area contributed by atoms with Gasteiger partial charge in [0.05, 0.1) is 0 Å². The first-order valence-electron chi connectivity index (χ1n) is 4.54. The third-order valence-electron chi connectivity index (χ3n) is 2.16. The van der Waals surface area contributed by atoms with Crippen LogP contribution in [0.1, 0.15) is 5.56 Å². The van der Waals surface area contributed by atoms with Gasteiger partial charge in [-0.2, -0.15) is 0 Å². The first kappa shape index (κ1) is 10.4. The van der Waals surface area contributed by atoms with E-state index in [9.17, 15) is 4.79 Å². The molecule has 0 amide bonds. The minimum Gasteiger partial charge on any atom is -0.285 e. The summed E-state index contributed by atoms with van der Waals surface area (Å²) < 4.78 is 1.20. The zero-order valence-corrected chi connectivity index (χ0v) is 10.1. The Kier molecular flexibility index (Phi) is 3.16. The van der Waals surface area contributed by atoms with Crippen LogP contribution in [0.4, 0.5) is 0 Å². The molecule has 73 valence electrons. The second-order valence-corrected chi connectivity index (χ2v) is 4.44. The average molecular weight is 307 g/mol. The van der Waals surface area contributed by atoms with Crippen molar-refractivity contribution in [2.75, 3.05) is 0 Å². The predicted molar refractivity (Wildman–Crippen MR) is 69.4 cm³/mol. The van der Waals surface area contributed by atoms with E-state index in [1.807, 2.05) is 48.8 Å². The number of halogens is 1. The van der Waals surface area contributed by atoms with Gasteiger partial charge in [0.1, 0.15) is 0 Å². The maximum Gasteiger partial charge on any atom is 0.233 e. The molecule has 1 radical (unpaired) electrons. The van der Waals surface area contributed by atoms with Gasteiger partial charge in [0, 0.05) is 9.13 Å². The molecule has 0 unspecified atom stereocenters. The highest BCUT2D eigenvalue weighted by molar-refractivity contribution is 14.1. The van der Waals surface area contributed by atoms with Gasteiger partial charge in [0.25, 0.3) is 0 Å². The van der Waals surface area contributed by atoms with Gasteiger partial charge >= 0.3 is 0 Å². The van der Waals surface area contributed by atoms with Gasteiger partial charge in [-0.1, -0.05) is 30.3 Å². The van der Waals surface area contributed by atoms with Gasteiger partial charge in [-0.15, -0.1) is 0 Å². The molecule has 0 fully saturated rings. The van der Waals surface area contributed by atoms with Crippen molar-refractivity contribution < 1.29 is 4.79 Å². The van der Waals surface area contributed by atoms with Gasteiger partial charge in [0.2, 0.25) is 6.29 Å². The van der Waals surface area contributed by atoms with Crippen molar-refractivity contribution in [2.45, 2.75) is 0 Å². The minimum atomic E-state index is 0.589. The van der Waals surface area contributed by atoms with E-state index < -0.39 is 0 Å². The lowest BCUT2D eigenvalue weighted by molar-refractivity contribution is 0.563. The summed E-state index contributed by atoms with van der Waals surface area (Å²) in [5.41, 5.74) is 2.76. The Balaban J connectivity index is 2.44. The van der Waals surface area contributed by atoms with Crippen molar-refractivity contribution in [1.29, 1.82) is 0 Å². The molecule has 0 heterocycles. The summed E-state index contributed by atoms with van der Waals surface area (Å²) in [6.07, 6.45) is 1.90. The molecule has 0 aromatic heterocycles. The normalized spacial score (nSPS) is 9.93. The van der Waals surface area contributed by atoms with Crippen molar-refractivity contribution in [2.24, 2.45) is 0 Å². The average Bonchev–Trinajstić information content (AvgIpc) is 2.30. The minimum absolute atomic E-state index is 0.589. The number of hydrogen-bond donors (Lipinski definition) is 0. The van der Waals surface area contributed by atoms with E-state index >= 15 is 0 Å². The summed E-state index contributed by atoms with van der Waals surface area (Å²) in [6, 6.07) is 15.6. The molecule has 2 aromatic carbocycles. The van der Waals surface area contributed by atoms with Crippen LogP contribution in [0.3, 0.4) is 0 Å². The zero-order valence-electron chi connectivity index (χ0n) is 7.91. The molecule has 1 nitrogen and oxygen atoms in total. The highest BCUT2D eigenvalue weighted by Gasteiger charge is 1.98. The van der Waals surface area contributed by atoms with Gasteiger partial charge in [0.15, 0.2) is 0 Å². The van der Waals surface area contributed by atoms with Gasteiger partial charge in [-0.05, 0) is 51.9 Å². The molecule has 0 aliphatic carbocycles. The van der Waals surface area contributed by atoms with Gasteiger partial charge in [-0.25, -0.2) is 0 Å². The maximum absolute atomic E-state index is 10.5. The van der Waals surface area contributed by atoms with Crippen LogP contribution in [0.5, 0.6) is 0 Å². The van der Waals surface area contributed by atoms with Crippen LogP contribution in [0, 0.1) is 3.57 Å². The fraction of sp³-hybridized carbons (Fsp3) is 0. The first-order chi connectivity index (χ1) is 7.29. The standard InChI is InChI=1S/C13H8IO/c14-13-6-4-11(5-7-13)12-3-1-2-10(8-12)9-15/h1-8H. The Hall–Kier alpha value is -1.16. The maximum atomic E-state index is 10.5. The van der Waals surface area contributed by atoms with Crippen LogP contribution in [0.25, 0.3) is 11.1 Å². The van der Waals surface area contributed by atoms with E-state index in [4.69, 9.17) is 0 Å². The number of benzene rings is 2. The topological polar surface area (TPSA) is 17.1 Å². The molecule has 0 spiro atoms. The Labute approximate surface area is 102 Å². The van der Waals surface area contributed by atoms with Crippen LogP contribution in [-0.4, -0.2) is 6.29 Å². The lowest BCUT2D eigenvalue weighted by Crippen LogP contribution is -1.82. The van der Waals surface area contributed by atoms with Crippen molar-refractivity contribution in [3.05, 3.63) is 57.7 Å². The van der Waals surface area contributed by atoms with Crippen LogP contribution in [-0.2, 0) is 4.79 Å². The fourth-order valence-corrected chi connectivity index (χ4v) is 1.76. The van der Waals surface area contributed by atoms with Gasteiger partial charge < -0.3 is 0 Å². The second-order valence-electron chi connectivity index (χ2n) is 3.19. The van der Waals surface area contributed by atoms with Crippen molar-refractivity contribution in [3.63, 3.8) is 0 Å². The lowest BCUT2D eigenvalue weighted by Gasteiger charge is -2.01. The molecule has 2 rings (SSSR count). The predicted octanol–water partition coefficient (Wildman–Crippen LogP) is 3.42. The third-order valence-corrected chi connectivity index (χ3v) is 2.88. The van der Waals surface area contributed by atoms with E-state index in [0.717, 1.165) is 11.1 Å². The Bertz CT molecular complexity index is 474. The summed E-state index contributed by atoms with van der Waals surface area (Å²) in [5.74, 6) is 0. The van der Waals surface area contributed by atoms with E-state index in [1.54, 1.807) is 6.07 Å². The van der Waals surface area contributed by atoms with Crippen LogP contribution in [0.2, 0.25) is 0 Å². The van der Waals surface area contributed by atoms with E-state index in [-0.39, 0.29) is 0 Å². The highest BCUT2D eigenvalue weighted by Crippen LogP contribution is 2.20. The number of hydrogen-bond acceptors (Lipinski definition) is 1. The monoisotopic (exact) mass is 307 g/mol. The summed E-state index contributed by atoms with van der Waals surface area (Å²) >= 11 is 2.27. The van der Waals surface area contributed by atoms with Crippen LogP contribution in [0.15, 0.2) is 48.5 Å². The molecule has 0 bridgehead atoms. The lowest BCUT2D eigenvalue weighted by atomic mass is 10.0. The Morgan fingerprint density at radius 2 is 1.67 bits per heavy atom. The van der Waals surface area contributed by atoms with Crippen LogP contribution >= 0.6 is 22.6 Å². The van der Waals surface area contributed by atoms with Crippen LogP contribution < -0.4 is 0 Å². The van der Waals surface area contributed by atoms with Crippen molar-refractivity contribution in [3.8, 4) is 11.1 Å². The third kappa shape index (κ3) is 2.45. The fourth-order valence-electron chi connectivity index (χ4n) is 1.40. The highest BCUT2D eigenvalue weighted by atomic mass is 127. The summed E-state index contributed by atoms with van der Waals surface area (Å²) in [5, 5.41) is 0. The molecule has 2 heteroatoms. The molecule has 0 saturated carbocycles. The largest absolute Gasteiger partial charge is 0.285 e. The second kappa shape index (κ2) is 4.57. The Morgan fingerprint density at radius 1 is 0.933 bits per heavy atom. The van der Waals surface area contributed by atoms with E-state index in [2.05, 4.69) is 22.6 Å². The molecule has 0 saturated heterocycles. The number of rotatable bonds is 2. The first-order valence-corrected chi connectivity index (χ1v) is 5.61. The van der Waals surface area contributed by atoms with Crippen molar-refractivity contribution >= 4 is 28.9 Å². The zero-order chi connectivity index (χ0) is 10.7. The quantitative estimate of drug-likeness (QED) is 0.777. The molecule has 0 N–H and O–H groups in total. The van der Waals surface area contributed by atoms with Gasteiger partial charge in [-0.3, -0.25) is 4.79 Å². The van der Waals surface area contributed by atoms with E-state index in [0.29, 0.717) is 5.56 Å². The molecule has 15 heavy (non-hydrogen) atoms. The molecule has 0 aliphatic rings. The van der Waals surface area contributed by atoms with E-state index in [1.165, 1.54) is 3.57 Å². The Morgan fingerprint density at radius 3 is 2.33 bits per heavy atom. The summed E-state index contributed by atoms with van der Waals surface area (Å²) in [4.78, 5) is 10.5. The molecular formula is C13H8IO. The van der Waals surface area contributed by atoms with Crippen molar-refractivity contribution in [1.82, 2.24) is 0 Å². The molecule has 2 aromatic rings. The smallest absolute Gasteiger partial charge is 0.233 e. The summed E-state index contributed by atoms with van der Waals surface area (Å²) in [7, 11) is 0. The summed E-state index contributed by atoms with van der Waals surface area (Å²) in [6.45, 7) is 0.